The van der Waals surface area contributed by atoms with Crippen LogP contribution < -0.4 is 10.1 Å². The summed E-state index contributed by atoms with van der Waals surface area (Å²) in [5.74, 6) is 1.14. The number of aryl methyl sites for hydroxylation is 1. The normalized spacial score (nSPS) is 10.7. The molecule has 0 spiro atoms. The summed E-state index contributed by atoms with van der Waals surface area (Å²) in [4.78, 5) is 20.6. The molecule has 0 aliphatic heterocycles. The Morgan fingerprint density at radius 1 is 1.28 bits per heavy atom. The summed E-state index contributed by atoms with van der Waals surface area (Å²) in [6.07, 6.45) is 0. The van der Waals surface area contributed by atoms with Gasteiger partial charge in [-0.2, -0.15) is 4.98 Å². The molecule has 8 nitrogen and oxygen atoms in total. The van der Waals surface area contributed by atoms with Gasteiger partial charge in [-0.05, 0) is 19.9 Å². The second-order valence-electron chi connectivity index (χ2n) is 5.22. The number of hydrogen-bond acceptors (Lipinski definition) is 8. The Kier molecular flexibility index (Phi) is 4.78. The first kappa shape index (κ1) is 16.7. The van der Waals surface area contributed by atoms with Crippen LogP contribution in [0, 0.1) is 6.92 Å². The van der Waals surface area contributed by atoms with E-state index in [-0.39, 0.29) is 18.0 Å². The van der Waals surface area contributed by atoms with Crippen molar-refractivity contribution in [3.05, 3.63) is 41.3 Å². The molecule has 0 aliphatic carbocycles. The monoisotopic (exact) mass is 342 g/mol. The van der Waals surface area contributed by atoms with E-state index in [0.29, 0.717) is 23.6 Å². The summed E-state index contributed by atoms with van der Waals surface area (Å²) < 4.78 is 15.5. The maximum atomic E-state index is 12.1. The molecule has 0 atom stereocenters. The highest BCUT2D eigenvalue weighted by molar-refractivity contribution is 6.04. The van der Waals surface area contributed by atoms with Gasteiger partial charge in [0.15, 0.2) is 0 Å². The van der Waals surface area contributed by atoms with E-state index in [1.165, 1.54) is 0 Å². The predicted molar refractivity (Wildman–Crippen MR) is 90.6 cm³/mol. The largest absolute Gasteiger partial charge is 0.496 e. The number of para-hydroxylation sites is 1. The molecule has 25 heavy (non-hydrogen) atoms. The minimum atomic E-state index is -0.575. The molecule has 0 fully saturated rings. The van der Waals surface area contributed by atoms with Crippen molar-refractivity contribution >= 4 is 22.9 Å². The molecule has 0 amide bonds. The van der Waals surface area contributed by atoms with Crippen molar-refractivity contribution in [3.8, 4) is 5.75 Å². The number of nitrogens with one attached hydrogen (secondary N) is 1. The number of carbonyl (C=O) groups excluding carboxylic acids is 1. The number of esters is 1. The van der Waals surface area contributed by atoms with Gasteiger partial charge in [-0.25, -0.2) is 9.78 Å². The molecule has 1 aromatic carbocycles. The van der Waals surface area contributed by atoms with Crippen LogP contribution >= 0.6 is 0 Å². The number of methoxy groups -OCH3 is 1. The topological polar surface area (TPSA) is 99.4 Å². The van der Waals surface area contributed by atoms with E-state index in [9.17, 15) is 4.79 Å². The highest BCUT2D eigenvalue weighted by atomic mass is 16.5. The molecule has 0 unspecified atom stereocenters. The van der Waals surface area contributed by atoms with Crippen molar-refractivity contribution in [2.24, 2.45) is 0 Å². The van der Waals surface area contributed by atoms with Crippen LogP contribution in [0.15, 0.2) is 28.8 Å². The minimum absolute atomic E-state index is 0.0550. The molecule has 3 aromatic rings. The molecular weight excluding hydrogens is 324 g/mol. The van der Waals surface area contributed by atoms with E-state index in [1.54, 1.807) is 21.0 Å². The second-order valence-corrected chi connectivity index (χ2v) is 5.22. The van der Waals surface area contributed by atoms with E-state index in [0.717, 1.165) is 11.3 Å². The number of benzene rings is 1. The van der Waals surface area contributed by atoms with Gasteiger partial charge in [0, 0.05) is 12.1 Å². The first-order valence-electron chi connectivity index (χ1n) is 7.81. The second kappa shape index (κ2) is 7.16. The average Bonchev–Trinajstić information content (AvgIpc) is 3.04. The Morgan fingerprint density at radius 2 is 2.08 bits per heavy atom. The van der Waals surface area contributed by atoms with E-state index in [4.69, 9.17) is 14.0 Å². The molecule has 8 heteroatoms. The van der Waals surface area contributed by atoms with Gasteiger partial charge in [-0.15, -0.1) is 0 Å². The number of hydrogen-bond donors (Lipinski definition) is 1. The van der Waals surface area contributed by atoms with Crippen molar-refractivity contribution in [2.75, 3.05) is 19.0 Å². The molecule has 0 radical (unpaired) electrons. The minimum Gasteiger partial charge on any atom is -0.496 e. The van der Waals surface area contributed by atoms with Gasteiger partial charge < -0.3 is 19.3 Å². The molecule has 1 N–H and O–H groups in total. The first-order chi connectivity index (χ1) is 12.1. The molecule has 0 bridgehead atoms. The lowest BCUT2D eigenvalue weighted by Gasteiger charge is -2.11. The summed E-state index contributed by atoms with van der Waals surface area (Å²) in [5, 5.41) is 7.39. The third kappa shape index (κ3) is 3.37. The van der Waals surface area contributed by atoms with Crippen molar-refractivity contribution in [1.82, 2.24) is 15.1 Å². The van der Waals surface area contributed by atoms with Crippen LogP contribution in [0.2, 0.25) is 0 Å². The van der Waals surface area contributed by atoms with E-state index < -0.39 is 5.97 Å². The SMILES string of the molecule is CCOC(=O)c1noc2nc(C)nc(NCc3ccccc3OC)c12. The molecule has 0 saturated carbocycles. The fourth-order valence-electron chi connectivity index (χ4n) is 2.46. The smallest absolute Gasteiger partial charge is 0.361 e. The summed E-state index contributed by atoms with van der Waals surface area (Å²) in [6.45, 7) is 4.15. The third-order valence-corrected chi connectivity index (χ3v) is 3.56. The molecule has 3 rings (SSSR count). The third-order valence-electron chi connectivity index (χ3n) is 3.56. The van der Waals surface area contributed by atoms with E-state index in [1.807, 2.05) is 24.3 Å². The van der Waals surface area contributed by atoms with Gasteiger partial charge in [-0.3, -0.25) is 0 Å². The van der Waals surface area contributed by atoms with Crippen LogP contribution in [0.5, 0.6) is 5.75 Å². The van der Waals surface area contributed by atoms with Crippen LogP contribution in [-0.2, 0) is 11.3 Å². The van der Waals surface area contributed by atoms with Crippen LogP contribution in [0.4, 0.5) is 5.82 Å². The Morgan fingerprint density at radius 3 is 2.84 bits per heavy atom. The molecule has 0 aliphatic rings. The number of fused-ring (bicyclic) bond motifs is 1. The van der Waals surface area contributed by atoms with Gasteiger partial charge in [0.25, 0.3) is 5.71 Å². The Balaban J connectivity index is 1.97. The fraction of sp³-hybridized carbons (Fsp3) is 0.294. The molecule has 0 saturated heterocycles. The lowest BCUT2D eigenvalue weighted by molar-refractivity contribution is 0.0517. The standard InChI is InChI=1S/C17H18N4O4/c1-4-24-17(22)14-13-15(19-10(2)20-16(13)25-21-14)18-9-11-7-5-6-8-12(11)23-3/h5-8H,4,9H2,1-3H3,(H,18,19,20). The van der Waals surface area contributed by atoms with Crippen molar-refractivity contribution in [1.29, 1.82) is 0 Å². The number of rotatable bonds is 6. The lowest BCUT2D eigenvalue weighted by Crippen LogP contribution is -2.09. The number of aromatic nitrogens is 3. The molecule has 2 aromatic heterocycles. The number of ether oxygens (including phenoxy) is 2. The number of carbonyl (C=O) groups is 1. The lowest BCUT2D eigenvalue weighted by atomic mass is 10.2. The fourth-order valence-corrected chi connectivity index (χ4v) is 2.46. The van der Waals surface area contributed by atoms with Crippen molar-refractivity contribution in [3.63, 3.8) is 0 Å². The Labute approximate surface area is 144 Å². The number of anilines is 1. The maximum Gasteiger partial charge on any atom is 0.361 e. The van der Waals surface area contributed by atoms with Crippen molar-refractivity contribution in [2.45, 2.75) is 20.4 Å². The van der Waals surface area contributed by atoms with E-state index >= 15 is 0 Å². The first-order valence-corrected chi connectivity index (χ1v) is 7.81. The van der Waals surface area contributed by atoms with Gasteiger partial charge in [-0.1, -0.05) is 23.4 Å². The van der Waals surface area contributed by atoms with Gasteiger partial charge in [0.1, 0.15) is 22.8 Å². The summed E-state index contributed by atoms with van der Waals surface area (Å²) in [5.41, 5.74) is 1.24. The van der Waals surface area contributed by atoms with Crippen LogP contribution in [0.3, 0.4) is 0 Å². The summed E-state index contributed by atoms with van der Waals surface area (Å²) >= 11 is 0. The highest BCUT2D eigenvalue weighted by Crippen LogP contribution is 2.26. The van der Waals surface area contributed by atoms with Gasteiger partial charge in [0.05, 0.1) is 13.7 Å². The van der Waals surface area contributed by atoms with Crippen LogP contribution in [0.1, 0.15) is 28.8 Å². The quantitative estimate of drug-likeness (QED) is 0.683. The zero-order valence-electron chi connectivity index (χ0n) is 14.2. The van der Waals surface area contributed by atoms with Crippen molar-refractivity contribution < 1.29 is 18.8 Å². The van der Waals surface area contributed by atoms with E-state index in [2.05, 4.69) is 20.4 Å². The van der Waals surface area contributed by atoms with Gasteiger partial charge in [0.2, 0.25) is 5.69 Å². The predicted octanol–water partition coefficient (Wildman–Crippen LogP) is 2.72. The Hall–Kier alpha value is -3.16. The zero-order chi connectivity index (χ0) is 17.8. The van der Waals surface area contributed by atoms with Crippen LogP contribution in [-0.4, -0.2) is 34.8 Å². The molecule has 2 heterocycles. The highest BCUT2D eigenvalue weighted by Gasteiger charge is 2.23. The Bertz CT molecular complexity index is 907. The molecular formula is C17H18N4O4. The zero-order valence-corrected chi connectivity index (χ0v) is 14.2. The summed E-state index contributed by atoms with van der Waals surface area (Å²) in [6, 6.07) is 7.64. The maximum absolute atomic E-state index is 12.1. The van der Waals surface area contributed by atoms with Gasteiger partial charge >= 0.3 is 5.97 Å². The molecule has 130 valence electrons. The van der Waals surface area contributed by atoms with Crippen LogP contribution in [0.25, 0.3) is 11.1 Å². The number of nitrogens with zero attached hydrogens (tertiary/aromatic N) is 3. The average molecular weight is 342 g/mol. The summed E-state index contributed by atoms with van der Waals surface area (Å²) in [7, 11) is 1.62.